The molecule has 6 heteroatoms. The molecular weight excluding hydrogens is 356 g/mol. The number of nitrogen functional groups attached to an aromatic ring is 1. The molecular formula is C21H18N4OS. The molecule has 1 aliphatic rings. The molecule has 5 rings (SSSR count). The van der Waals surface area contributed by atoms with Crippen molar-refractivity contribution in [3.63, 3.8) is 0 Å². The lowest BCUT2D eigenvalue weighted by molar-refractivity contribution is 0.766. The Morgan fingerprint density at radius 1 is 1.04 bits per heavy atom. The van der Waals surface area contributed by atoms with E-state index in [9.17, 15) is 4.79 Å². The van der Waals surface area contributed by atoms with Crippen LogP contribution in [0.4, 0.5) is 17.2 Å². The second-order valence-corrected chi connectivity index (χ2v) is 7.55. The Morgan fingerprint density at radius 3 is 2.74 bits per heavy atom. The van der Waals surface area contributed by atoms with Crippen molar-refractivity contribution in [2.24, 2.45) is 0 Å². The molecule has 0 bridgehead atoms. The molecule has 3 heterocycles. The summed E-state index contributed by atoms with van der Waals surface area (Å²) in [5.74, 6) is 0.0302. The summed E-state index contributed by atoms with van der Waals surface area (Å²) in [5, 5.41) is 1.93. The average molecular weight is 374 g/mol. The van der Waals surface area contributed by atoms with Gasteiger partial charge in [-0.15, -0.1) is 11.3 Å². The molecule has 0 spiro atoms. The number of benzene rings is 2. The number of nitrogens with zero attached hydrogens (tertiary/aromatic N) is 3. The van der Waals surface area contributed by atoms with E-state index in [0.717, 1.165) is 46.8 Å². The Hall–Kier alpha value is -3.12. The summed E-state index contributed by atoms with van der Waals surface area (Å²) >= 11 is 1.48. The van der Waals surface area contributed by atoms with Crippen LogP contribution in [0.2, 0.25) is 0 Å². The van der Waals surface area contributed by atoms with Crippen LogP contribution in [-0.4, -0.2) is 16.1 Å². The molecule has 0 aliphatic carbocycles. The highest BCUT2D eigenvalue weighted by atomic mass is 32.1. The lowest BCUT2D eigenvalue weighted by Crippen LogP contribution is -2.26. The van der Waals surface area contributed by atoms with Gasteiger partial charge in [-0.2, -0.15) is 0 Å². The maximum Gasteiger partial charge on any atom is 0.298 e. The lowest BCUT2D eigenvalue weighted by atomic mass is 10.00. The van der Waals surface area contributed by atoms with E-state index in [1.165, 1.54) is 16.9 Å². The third-order valence-electron chi connectivity index (χ3n) is 5.02. The van der Waals surface area contributed by atoms with E-state index in [1.807, 2.05) is 23.6 Å². The minimum Gasteiger partial charge on any atom is -0.379 e. The smallest absolute Gasteiger partial charge is 0.298 e. The zero-order chi connectivity index (χ0) is 18.4. The van der Waals surface area contributed by atoms with Crippen molar-refractivity contribution in [1.29, 1.82) is 0 Å². The first-order valence-electron chi connectivity index (χ1n) is 8.94. The molecule has 4 aromatic rings. The Labute approximate surface area is 160 Å². The van der Waals surface area contributed by atoms with Gasteiger partial charge in [-0.3, -0.25) is 9.36 Å². The first-order chi connectivity index (χ1) is 13.2. The number of thiophene rings is 1. The van der Waals surface area contributed by atoms with Crippen LogP contribution < -0.4 is 16.2 Å². The van der Waals surface area contributed by atoms with Gasteiger partial charge in [0.15, 0.2) is 5.82 Å². The van der Waals surface area contributed by atoms with Crippen LogP contribution in [0.1, 0.15) is 12.0 Å². The highest BCUT2D eigenvalue weighted by Gasteiger charge is 2.20. The molecule has 27 heavy (non-hydrogen) atoms. The molecule has 0 amide bonds. The van der Waals surface area contributed by atoms with Gasteiger partial charge in [0.2, 0.25) is 0 Å². The van der Waals surface area contributed by atoms with E-state index < -0.39 is 0 Å². The maximum atomic E-state index is 12.8. The van der Waals surface area contributed by atoms with E-state index in [0.29, 0.717) is 0 Å². The highest BCUT2D eigenvalue weighted by Crippen LogP contribution is 2.35. The van der Waals surface area contributed by atoms with Crippen LogP contribution in [0.5, 0.6) is 0 Å². The minimum atomic E-state index is -0.275. The molecule has 0 saturated heterocycles. The van der Waals surface area contributed by atoms with Gasteiger partial charge in [-0.05, 0) is 54.1 Å². The van der Waals surface area contributed by atoms with E-state index in [2.05, 4.69) is 46.3 Å². The van der Waals surface area contributed by atoms with Crippen molar-refractivity contribution in [2.45, 2.75) is 12.8 Å². The van der Waals surface area contributed by atoms with Gasteiger partial charge in [0.05, 0.1) is 11.2 Å². The van der Waals surface area contributed by atoms with Gasteiger partial charge in [-0.1, -0.05) is 24.3 Å². The van der Waals surface area contributed by atoms with E-state index in [4.69, 9.17) is 5.73 Å². The van der Waals surface area contributed by atoms with Gasteiger partial charge in [0, 0.05) is 17.9 Å². The van der Waals surface area contributed by atoms with Crippen molar-refractivity contribution in [3.05, 3.63) is 75.9 Å². The molecule has 0 unspecified atom stereocenters. The number of aromatic nitrogens is 2. The Morgan fingerprint density at radius 2 is 1.89 bits per heavy atom. The van der Waals surface area contributed by atoms with Gasteiger partial charge < -0.3 is 10.6 Å². The van der Waals surface area contributed by atoms with Crippen molar-refractivity contribution < 1.29 is 0 Å². The van der Waals surface area contributed by atoms with Gasteiger partial charge in [-0.25, -0.2) is 4.98 Å². The summed E-state index contributed by atoms with van der Waals surface area (Å²) in [6.07, 6.45) is 2.15. The summed E-state index contributed by atoms with van der Waals surface area (Å²) in [4.78, 5) is 20.1. The van der Waals surface area contributed by atoms with Crippen LogP contribution in [0.3, 0.4) is 0 Å². The van der Waals surface area contributed by atoms with Crippen LogP contribution >= 0.6 is 11.3 Å². The fourth-order valence-electron chi connectivity index (χ4n) is 3.76. The molecule has 2 N–H and O–H groups in total. The third-order valence-corrected chi connectivity index (χ3v) is 5.82. The van der Waals surface area contributed by atoms with Crippen molar-refractivity contribution in [3.8, 4) is 5.69 Å². The Kier molecular flexibility index (Phi) is 3.72. The standard InChI is InChI=1S/C21H18N4OS/c22-19-21(26)25(17-10-12-27-20(17)23-19)16-9-8-14-5-4-11-24(18(14)13-16)15-6-2-1-3-7-15/h1-3,6-10,12-13H,4-5,11H2,(H2,22,23). The summed E-state index contributed by atoms with van der Waals surface area (Å²) < 4.78 is 1.67. The molecule has 5 nitrogen and oxygen atoms in total. The summed E-state index contributed by atoms with van der Waals surface area (Å²) in [5.41, 5.74) is 10.8. The molecule has 2 aromatic carbocycles. The van der Waals surface area contributed by atoms with E-state index >= 15 is 0 Å². The van der Waals surface area contributed by atoms with Crippen LogP contribution in [0.15, 0.2) is 64.8 Å². The largest absolute Gasteiger partial charge is 0.379 e. The fourth-order valence-corrected chi connectivity index (χ4v) is 4.52. The Bertz CT molecular complexity index is 1200. The zero-order valence-corrected chi connectivity index (χ0v) is 15.4. The van der Waals surface area contributed by atoms with Gasteiger partial charge >= 0.3 is 0 Å². The topological polar surface area (TPSA) is 64.2 Å². The maximum absolute atomic E-state index is 12.8. The number of rotatable bonds is 2. The molecule has 0 fully saturated rings. The summed E-state index contributed by atoms with van der Waals surface area (Å²) in [6.45, 7) is 0.960. The Balaban J connectivity index is 1.72. The summed E-state index contributed by atoms with van der Waals surface area (Å²) in [7, 11) is 0. The van der Waals surface area contributed by atoms with E-state index in [-0.39, 0.29) is 11.4 Å². The normalized spacial score (nSPS) is 13.7. The molecule has 1 aliphatic heterocycles. The van der Waals surface area contributed by atoms with Crippen LogP contribution in [0, 0.1) is 0 Å². The SMILES string of the molecule is Nc1nc2sccc2n(-c2ccc3c(c2)N(c2ccccc2)CCC3)c1=O. The van der Waals surface area contributed by atoms with Crippen LogP contribution in [0.25, 0.3) is 16.0 Å². The lowest BCUT2D eigenvalue weighted by Gasteiger charge is -2.32. The molecule has 0 saturated carbocycles. The number of fused-ring (bicyclic) bond motifs is 2. The molecule has 2 aromatic heterocycles. The summed E-state index contributed by atoms with van der Waals surface area (Å²) in [6, 6.07) is 18.5. The first kappa shape index (κ1) is 16.1. The number of para-hydroxylation sites is 1. The quantitative estimate of drug-likeness (QED) is 0.573. The molecule has 134 valence electrons. The zero-order valence-electron chi connectivity index (χ0n) is 14.6. The number of hydrogen-bond donors (Lipinski definition) is 1. The number of aryl methyl sites for hydroxylation is 1. The van der Waals surface area contributed by atoms with Crippen molar-refractivity contribution >= 4 is 38.9 Å². The van der Waals surface area contributed by atoms with E-state index in [1.54, 1.807) is 4.57 Å². The second kappa shape index (κ2) is 6.25. The van der Waals surface area contributed by atoms with Gasteiger partial charge in [0.1, 0.15) is 4.83 Å². The van der Waals surface area contributed by atoms with Gasteiger partial charge in [0.25, 0.3) is 5.56 Å². The minimum absolute atomic E-state index is 0.0302. The predicted octanol–water partition coefficient (Wildman–Crippen LogP) is 4.11. The van der Waals surface area contributed by atoms with Crippen molar-refractivity contribution in [2.75, 3.05) is 17.2 Å². The third kappa shape index (κ3) is 2.61. The molecule has 0 atom stereocenters. The fraction of sp³-hybridized carbons (Fsp3) is 0.143. The van der Waals surface area contributed by atoms with Crippen molar-refractivity contribution in [1.82, 2.24) is 9.55 Å². The monoisotopic (exact) mass is 374 g/mol. The molecule has 0 radical (unpaired) electrons. The van der Waals surface area contributed by atoms with Crippen LogP contribution in [-0.2, 0) is 6.42 Å². The number of hydrogen-bond acceptors (Lipinski definition) is 5. The second-order valence-electron chi connectivity index (χ2n) is 6.65. The number of anilines is 3. The first-order valence-corrected chi connectivity index (χ1v) is 9.82. The average Bonchev–Trinajstić information content (AvgIpc) is 3.16. The predicted molar refractivity (Wildman–Crippen MR) is 111 cm³/mol. The number of nitrogens with two attached hydrogens (primary N) is 1. The highest BCUT2D eigenvalue weighted by molar-refractivity contribution is 7.16.